The molecule has 0 unspecified atom stereocenters. The summed E-state index contributed by atoms with van der Waals surface area (Å²) in [6, 6.07) is 0. The van der Waals surface area contributed by atoms with Gasteiger partial charge in [-0.2, -0.15) is 11.1 Å². The van der Waals surface area contributed by atoms with E-state index >= 15 is 0 Å². The Morgan fingerprint density at radius 1 is 0.833 bits per heavy atom. The molecule has 0 aromatic rings. The van der Waals surface area contributed by atoms with Gasteiger partial charge in [0.25, 0.3) is 0 Å². The molecule has 68 valence electrons. The van der Waals surface area contributed by atoms with Gasteiger partial charge in [0.15, 0.2) is 0 Å². The smallest absolute Gasteiger partial charge is 0.128 e. The summed E-state index contributed by atoms with van der Waals surface area (Å²) in [4.78, 5) is 0. The van der Waals surface area contributed by atoms with Crippen molar-refractivity contribution in [2.24, 2.45) is 23.7 Å². The van der Waals surface area contributed by atoms with E-state index in [0.29, 0.717) is 0 Å². The Hall–Kier alpha value is 0.507. The van der Waals surface area contributed by atoms with Crippen LogP contribution in [0.4, 0.5) is 0 Å². The Labute approximate surface area is 81.6 Å². The molecule has 12 heavy (non-hydrogen) atoms. The van der Waals surface area contributed by atoms with Crippen molar-refractivity contribution in [2.75, 3.05) is 0 Å². The minimum Gasteiger partial charge on any atom is -0.176 e. The molecule has 4 saturated carbocycles. The van der Waals surface area contributed by atoms with Gasteiger partial charge >= 0.3 is 0 Å². The summed E-state index contributed by atoms with van der Waals surface area (Å²) in [6.07, 6.45) is 7.78. The summed E-state index contributed by atoms with van der Waals surface area (Å²) >= 11 is 6.18. The van der Waals surface area contributed by atoms with E-state index in [2.05, 4.69) is 0 Å². The summed E-state index contributed by atoms with van der Waals surface area (Å²) in [7, 11) is -0.216. The molecule has 4 aliphatic carbocycles. The Morgan fingerprint density at radius 2 is 1.33 bits per heavy atom. The van der Waals surface area contributed by atoms with E-state index in [1.165, 1.54) is 0 Å². The molecular weight excluding hydrogens is 184 g/mol. The molecule has 4 aliphatic rings. The van der Waals surface area contributed by atoms with Crippen molar-refractivity contribution in [3.05, 3.63) is 0 Å². The topological polar surface area (TPSA) is 0 Å². The zero-order chi connectivity index (χ0) is 8.13. The highest BCUT2D eigenvalue weighted by Crippen LogP contribution is 2.58. The maximum absolute atomic E-state index is 6.18. The lowest BCUT2D eigenvalue weighted by atomic mass is 9.56. The maximum Gasteiger partial charge on any atom is 0.128 e. The van der Waals surface area contributed by atoms with Crippen LogP contribution in [0, 0.1) is 23.7 Å². The third kappa shape index (κ3) is 1.02. The number of rotatable bonds is 1. The minimum absolute atomic E-state index is 0.216. The quantitative estimate of drug-likeness (QED) is 0.451. The first kappa shape index (κ1) is 7.87. The van der Waals surface area contributed by atoms with Crippen molar-refractivity contribution in [1.29, 1.82) is 0 Å². The molecule has 2 heteroatoms. The van der Waals surface area contributed by atoms with Crippen LogP contribution in [0.3, 0.4) is 0 Å². The second-order valence-electron chi connectivity index (χ2n) is 5.25. The molecule has 0 heterocycles. The van der Waals surface area contributed by atoms with E-state index in [1.54, 1.807) is 32.1 Å². The monoisotopic (exact) mass is 200 g/mol. The van der Waals surface area contributed by atoms with Crippen LogP contribution in [0.25, 0.3) is 0 Å². The molecule has 0 N–H and O–H groups in total. The van der Waals surface area contributed by atoms with Crippen LogP contribution in [-0.4, -0.2) is 8.83 Å². The van der Waals surface area contributed by atoms with Crippen molar-refractivity contribution in [3.63, 3.8) is 0 Å². The van der Waals surface area contributed by atoms with Crippen LogP contribution in [0.15, 0.2) is 0 Å². The van der Waals surface area contributed by atoms with Crippen molar-refractivity contribution >= 4 is 19.9 Å². The number of halogens is 1. The lowest BCUT2D eigenvalue weighted by molar-refractivity contribution is 0.0206. The number of hydrogen-bond donors (Lipinski definition) is 0. The third-order valence-corrected chi connectivity index (χ3v) is 7.36. The summed E-state index contributed by atoms with van der Waals surface area (Å²) in [6.45, 7) is 0. The van der Waals surface area contributed by atoms with Gasteiger partial charge < -0.3 is 0 Å². The van der Waals surface area contributed by atoms with Gasteiger partial charge in [-0.05, 0) is 61.3 Å². The van der Waals surface area contributed by atoms with E-state index in [1.807, 2.05) is 0 Å². The molecule has 4 fully saturated rings. The second kappa shape index (κ2) is 2.75. The molecule has 0 spiro atoms. The van der Waals surface area contributed by atoms with E-state index in [-0.39, 0.29) is 8.83 Å². The first-order valence-electron chi connectivity index (χ1n) is 5.42. The molecule has 0 atom stereocenters. The minimum atomic E-state index is -0.216. The molecule has 0 aromatic heterocycles. The fraction of sp³-hybridized carbons (Fsp3) is 1.00. The standard InChI is InChI=1S/C10H17ClSi/c11-12-10-8-2-6-1-7(4-8)5-9(10)3-6/h6-10H,1-5,12H2. The molecule has 0 aliphatic heterocycles. The van der Waals surface area contributed by atoms with Gasteiger partial charge in [-0.15, -0.1) is 0 Å². The van der Waals surface area contributed by atoms with Crippen molar-refractivity contribution in [3.8, 4) is 0 Å². The molecule has 4 rings (SSSR count). The van der Waals surface area contributed by atoms with E-state index in [4.69, 9.17) is 11.1 Å². The molecule has 0 saturated heterocycles. The van der Waals surface area contributed by atoms with Gasteiger partial charge in [0.1, 0.15) is 8.83 Å². The van der Waals surface area contributed by atoms with Crippen LogP contribution in [-0.2, 0) is 0 Å². The van der Waals surface area contributed by atoms with Crippen molar-refractivity contribution in [1.82, 2.24) is 0 Å². The zero-order valence-electron chi connectivity index (χ0n) is 7.51. The van der Waals surface area contributed by atoms with E-state index in [9.17, 15) is 0 Å². The summed E-state index contributed by atoms with van der Waals surface area (Å²) in [5.41, 5.74) is 1.04. The van der Waals surface area contributed by atoms with Crippen LogP contribution >= 0.6 is 11.1 Å². The highest BCUT2D eigenvalue weighted by Gasteiger charge is 2.47. The van der Waals surface area contributed by atoms with Crippen molar-refractivity contribution in [2.45, 2.75) is 37.6 Å². The Balaban J connectivity index is 1.86. The Bertz CT molecular complexity index is 164. The maximum atomic E-state index is 6.18. The lowest BCUT2D eigenvalue weighted by Gasteiger charge is -2.54. The number of hydrogen-bond acceptors (Lipinski definition) is 0. The van der Waals surface area contributed by atoms with Gasteiger partial charge in [0, 0.05) is 0 Å². The van der Waals surface area contributed by atoms with Gasteiger partial charge in [0.05, 0.1) is 0 Å². The molecule has 4 bridgehead atoms. The molecule has 0 nitrogen and oxygen atoms in total. The second-order valence-corrected chi connectivity index (χ2v) is 7.43. The summed E-state index contributed by atoms with van der Waals surface area (Å²) in [5.74, 6) is 4.43. The highest BCUT2D eigenvalue weighted by molar-refractivity contribution is 6.94. The fourth-order valence-corrected chi connectivity index (χ4v) is 7.08. The third-order valence-electron chi connectivity index (χ3n) is 4.60. The predicted molar refractivity (Wildman–Crippen MR) is 55.2 cm³/mol. The molecule has 0 radical (unpaired) electrons. The highest BCUT2D eigenvalue weighted by atomic mass is 35.6. The molecule has 0 amide bonds. The predicted octanol–water partition coefficient (Wildman–Crippen LogP) is 2.55. The van der Waals surface area contributed by atoms with Crippen LogP contribution < -0.4 is 0 Å². The van der Waals surface area contributed by atoms with Gasteiger partial charge in [0.2, 0.25) is 0 Å². The normalized spacial score (nSPS) is 57.2. The Morgan fingerprint density at radius 3 is 1.75 bits per heavy atom. The average molecular weight is 201 g/mol. The first-order valence-corrected chi connectivity index (χ1v) is 8.38. The van der Waals surface area contributed by atoms with Gasteiger partial charge in [-0.1, -0.05) is 0 Å². The van der Waals surface area contributed by atoms with Crippen LogP contribution in [0.1, 0.15) is 32.1 Å². The lowest BCUT2D eigenvalue weighted by Crippen LogP contribution is -2.43. The van der Waals surface area contributed by atoms with Crippen LogP contribution in [0.2, 0.25) is 5.54 Å². The van der Waals surface area contributed by atoms with Crippen molar-refractivity contribution < 1.29 is 0 Å². The molecular formula is C10H17ClSi. The van der Waals surface area contributed by atoms with Crippen LogP contribution in [0.5, 0.6) is 0 Å². The van der Waals surface area contributed by atoms with E-state index < -0.39 is 0 Å². The first-order chi connectivity index (χ1) is 5.86. The molecule has 0 aromatic carbocycles. The van der Waals surface area contributed by atoms with Gasteiger partial charge in [-0.3, -0.25) is 0 Å². The summed E-state index contributed by atoms with van der Waals surface area (Å²) < 4.78 is 0. The largest absolute Gasteiger partial charge is 0.176 e. The Kier molecular flexibility index (Phi) is 1.80. The SMILES string of the molecule is Cl[SiH2]C1C2CC3CC(C2)CC1C3. The van der Waals surface area contributed by atoms with E-state index in [0.717, 1.165) is 29.2 Å². The fourth-order valence-electron chi connectivity index (χ4n) is 4.29. The van der Waals surface area contributed by atoms with Gasteiger partial charge in [-0.25, -0.2) is 0 Å². The average Bonchev–Trinajstić information content (AvgIpc) is 2.02. The zero-order valence-corrected chi connectivity index (χ0v) is 9.68. The summed E-state index contributed by atoms with van der Waals surface area (Å²) in [5, 5.41) is 0.